The number of carbonyl (C=O) groups is 2. The van der Waals surface area contributed by atoms with Crippen molar-refractivity contribution in [3.05, 3.63) is 101 Å². The molecule has 6 heteroatoms. The fourth-order valence-electron chi connectivity index (χ4n) is 4.12. The molecule has 3 aromatic rings. The van der Waals surface area contributed by atoms with Crippen LogP contribution in [-0.2, 0) is 24.2 Å². The predicted octanol–water partition coefficient (Wildman–Crippen LogP) is 5.70. The summed E-state index contributed by atoms with van der Waals surface area (Å²) in [5.74, 6) is -0.782. The first kappa shape index (κ1) is 27.0. The molecule has 0 fully saturated rings. The zero-order valence-corrected chi connectivity index (χ0v) is 20.6. The van der Waals surface area contributed by atoms with E-state index < -0.39 is 11.9 Å². The lowest BCUT2D eigenvalue weighted by atomic mass is 10.1. The second kappa shape index (κ2) is 14.7. The molecule has 0 aliphatic carbocycles. The number of nitrogens with zero attached hydrogens (tertiary/aromatic N) is 1. The molecule has 0 amide bonds. The van der Waals surface area contributed by atoms with Gasteiger partial charge in [-0.2, -0.15) is 0 Å². The predicted molar refractivity (Wildman–Crippen MR) is 141 cm³/mol. The van der Waals surface area contributed by atoms with Gasteiger partial charge in [0.1, 0.15) is 5.75 Å². The molecule has 0 atom stereocenters. The van der Waals surface area contributed by atoms with Gasteiger partial charge in [0.05, 0.1) is 12.2 Å². The highest BCUT2D eigenvalue weighted by atomic mass is 16.5. The molecule has 3 aromatic carbocycles. The Morgan fingerprint density at radius 2 is 1.44 bits per heavy atom. The molecular weight excluding hydrogens is 454 g/mol. The lowest BCUT2D eigenvalue weighted by Gasteiger charge is -2.23. The zero-order chi connectivity index (χ0) is 25.6. The van der Waals surface area contributed by atoms with Crippen molar-refractivity contribution in [2.75, 3.05) is 19.7 Å². The Hall–Kier alpha value is -3.64. The molecule has 3 rings (SSSR count). The average molecular weight is 490 g/mol. The number of aliphatic carboxylic acids is 1. The van der Waals surface area contributed by atoms with Crippen LogP contribution < -0.4 is 4.74 Å². The average Bonchev–Trinajstić information content (AvgIpc) is 2.88. The third kappa shape index (κ3) is 9.55. The Kier molecular flexibility index (Phi) is 11.0. The standard InChI is InChI=1S/C30H35NO5/c32-29(33)13-5-2-8-20-31(23-25-14-16-27(17-15-25)30(34)35)21-18-26-11-6-7-12-28(26)36-22-19-24-9-3-1-4-10-24/h1,3-4,6-7,9-12,14-17H,2,5,8,13,18-23H2,(H,32,33)(H,34,35). The van der Waals surface area contributed by atoms with Crippen LogP contribution in [-0.4, -0.2) is 46.7 Å². The quantitative estimate of drug-likeness (QED) is 0.251. The summed E-state index contributed by atoms with van der Waals surface area (Å²) >= 11 is 0. The van der Waals surface area contributed by atoms with Crippen LogP contribution in [0.25, 0.3) is 0 Å². The van der Waals surface area contributed by atoms with Crippen molar-refractivity contribution in [1.82, 2.24) is 4.90 Å². The van der Waals surface area contributed by atoms with Crippen LogP contribution in [0, 0.1) is 0 Å². The number of para-hydroxylation sites is 1. The Morgan fingerprint density at radius 3 is 2.17 bits per heavy atom. The molecule has 0 aliphatic heterocycles. The topological polar surface area (TPSA) is 87.1 Å². The van der Waals surface area contributed by atoms with Crippen LogP contribution in [0.4, 0.5) is 0 Å². The van der Waals surface area contributed by atoms with Gasteiger partial charge in [0, 0.05) is 25.9 Å². The Balaban J connectivity index is 1.58. The second-order valence-corrected chi connectivity index (χ2v) is 8.92. The van der Waals surface area contributed by atoms with Crippen molar-refractivity contribution < 1.29 is 24.5 Å². The van der Waals surface area contributed by atoms with Gasteiger partial charge in [0.15, 0.2) is 0 Å². The van der Waals surface area contributed by atoms with Crippen LogP contribution in [0.1, 0.15) is 52.7 Å². The number of hydrogen-bond donors (Lipinski definition) is 2. The van der Waals surface area contributed by atoms with Gasteiger partial charge in [-0.25, -0.2) is 4.79 Å². The Bertz CT molecular complexity index is 1080. The van der Waals surface area contributed by atoms with E-state index in [2.05, 4.69) is 23.1 Å². The molecule has 0 radical (unpaired) electrons. The molecule has 0 aromatic heterocycles. The first-order valence-corrected chi connectivity index (χ1v) is 12.5. The molecule has 0 spiro atoms. The summed E-state index contributed by atoms with van der Waals surface area (Å²) < 4.78 is 6.13. The number of rotatable bonds is 16. The van der Waals surface area contributed by atoms with E-state index in [1.807, 2.05) is 48.5 Å². The molecule has 2 N–H and O–H groups in total. The molecular formula is C30H35NO5. The maximum absolute atomic E-state index is 11.2. The lowest BCUT2D eigenvalue weighted by Crippen LogP contribution is -2.27. The smallest absolute Gasteiger partial charge is 0.335 e. The van der Waals surface area contributed by atoms with E-state index in [-0.39, 0.29) is 12.0 Å². The van der Waals surface area contributed by atoms with E-state index >= 15 is 0 Å². The van der Waals surface area contributed by atoms with Crippen molar-refractivity contribution in [2.24, 2.45) is 0 Å². The summed E-state index contributed by atoms with van der Waals surface area (Å²) in [6.45, 7) is 2.98. The van der Waals surface area contributed by atoms with Crippen molar-refractivity contribution in [2.45, 2.75) is 45.1 Å². The minimum Gasteiger partial charge on any atom is -0.493 e. The normalized spacial score (nSPS) is 10.9. The van der Waals surface area contributed by atoms with E-state index in [1.165, 1.54) is 5.56 Å². The zero-order valence-electron chi connectivity index (χ0n) is 20.6. The molecule has 0 heterocycles. The number of aromatic carboxylic acids is 1. The molecule has 190 valence electrons. The highest BCUT2D eigenvalue weighted by molar-refractivity contribution is 5.87. The van der Waals surface area contributed by atoms with Crippen LogP contribution in [0.15, 0.2) is 78.9 Å². The van der Waals surface area contributed by atoms with Crippen molar-refractivity contribution in [1.29, 1.82) is 0 Å². The van der Waals surface area contributed by atoms with Crippen molar-refractivity contribution >= 4 is 11.9 Å². The number of unbranched alkanes of at least 4 members (excludes halogenated alkanes) is 2. The monoisotopic (exact) mass is 489 g/mol. The van der Waals surface area contributed by atoms with E-state index in [9.17, 15) is 9.59 Å². The third-order valence-corrected chi connectivity index (χ3v) is 6.13. The summed E-state index contributed by atoms with van der Waals surface area (Å²) in [4.78, 5) is 24.3. The highest BCUT2D eigenvalue weighted by Gasteiger charge is 2.11. The van der Waals surface area contributed by atoms with Gasteiger partial charge < -0.3 is 14.9 Å². The Morgan fingerprint density at radius 1 is 0.722 bits per heavy atom. The lowest BCUT2D eigenvalue weighted by molar-refractivity contribution is -0.137. The van der Waals surface area contributed by atoms with Gasteiger partial charge in [0.25, 0.3) is 0 Å². The van der Waals surface area contributed by atoms with Crippen molar-refractivity contribution in [3.63, 3.8) is 0 Å². The summed E-state index contributed by atoms with van der Waals surface area (Å²) in [6.07, 6.45) is 4.32. The SMILES string of the molecule is O=C(O)CCCCCN(CCc1ccccc1OCCc1ccccc1)Cc1ccc(C(=O)O)cc1. The van der Waals surface area contributed by atoms with E-state index in [0.717, 1.165) is 55.6 Å². The van der Waals surface area contributed by atoms with Gasteiger partial charge in [-0.15, -0.1) is 0 Å². The first-order valence-electron chi connectivity index (χ1n) is 12.5. The van der Waals surface area contributed by atoms with Crippen LogP contribution in [0.2, 0.25) is 0 Å². The maximum atomic E-state index is 11.2. The number of ether oxygens (including phenoxy) is 1. The maximum Gasteiger partial charge on any atom is 0.335 e. The number of hydrogen-bond acceptors (Lipinski definition) is 4. The fourth-order valence-corrected chi connectivity index (χ4v) is 4.12. The molecule has 0 unspecified atom stereocenters. The largest absolute Gasteiger partial charge is 0.493 e. The molecule has 36 heavy (non-hydrogen) atoms. The fraction of sp³-hybridized carbons (Fsp3) is 0.333. The number of carboxylic acid groups (broad SMARTS) is 2. The highest BCUT2D eigenvalue weighted by Crippen LogP contribution is 2.20. The van der Waals surface area contributed by atoms with Crippen LogP contribution in [0.5, 0.6) is 5.75 Å². The van der Waals surface area contributed by atoms with E-state index in [1.54, 1.807) is 12.1 Å². The van der Waals surface area contributed by atoms with E-state index in [4.69, 9.17) is 14.9 Å². The summed E-state index contributed by atoms with van der Waals surface area (Å²) in [6, 6.07) is 25.4. The van der Waals surface area contributed by atoms with Crippen LogP contribution in [0.3, 0.4) is 0 Å². The molecule has 0 aliphatic rings. The van der Waals surface area contributed by atoms with Crippen molar-refractivity contribution in [3.8, 4) is 5.75 Å². The third-order valence-electron chi connectivity index (χ3n) is 6.13. The summed E-state index contributed by atoms with van der Waals surface area (Å²) in [7, 11) is 0. The summed E-state index contributed by atoms with van der Waals surface area (Å²) in [5.41, 5.74) is 3.74. The van der Waals surface area contributed by atoms with E-state index in [0.29, 0.717) is 19.6 Å². The molecule has 0 saturated heterocycles. The van der Waals surface area contributed by atoms with Gasteiger partial charge in [-0.3, -0.25) is 9.69 Å². The molecule has 0 bridgehead atoms. The Labute approximate surface area is 213 Å². The minimum absolute atomic E-state index is 0.199. The number of carboxylic acids is 2. The summed E-state index contributed by atoms with van der Waals surface area (Å²) in [5, 5.41) is 18.0. The first-order chi connectivity index (χ1) is 17.5. The number of benzene rings is 3. The second-order valence-electron chi connectivity index (χ2n) is 8.92. The van der Waals surface area contributed by atoms with Gasteiger partial charge in [0.2, 0.25) is 0 Å². The van der Waals surface area contributed by atoms with Gasteiger partial charge in [-0.05, 0) is 60.7 Å². The minimum atomic E-state index is -0.930. The molecule has 0 saturated carbocycles. The van der Waals surface area contributed by atoms with Gasteiger partial charge >= 0.3 is 11.9 Å². The van der Waals surface area contributed by atoms with Crippen LogP contribution >= 0.6 is 0 Å². The molecule has 6 nitrogen and oxygen atoms in total. The van der Waals surface area contributed by atoms with Gasteiger partial charge in [-0.1, -0.05) is 67.1 Å².